The van der Waals surface area contributed by atoms with E-state index >= 15 is 0 Å². The summed E-state index contributed by atoms with van der Waals surface area (Å²) in [6, 6.07) is 5.77. The third kappa shape index (κ3) is 3.64. The summed E-state index contributed by atoms with van der Waals surface area (Å²) in [7, 11) is 3.24. The second-order valence-corrected chi connectivity index (χ2v) is 5.06. The van der Waals surface area contributed by atoms with Gasteiger partial charge in [0.1, 0.15) is 0 Å². The van der Waals surface area contributed by atoms with Crippen LogP contribution in [-0.4, -0.2) is 25.4 Å². The largest absolute Gasteiger partial charge is 0.493 e. The maximum Gasteiger partial charge on any atom is 0.160 e. The second-order valence-electron chi connectivity index (χ2n) is 5.06. The van der Waals surface area contributed by atoms with Crippen LogP contribution in [0.25, 0.3) is 0 Å². The molecule has 2 atom stereocenters. The van der Waals surface area contributed by atoms with E-state index in [2.05, 4.69) is 20.8 Å². The van der Waals surface area contributed by atoms with Gasteiger partial charge in [-0.1, -0.05) is 26.8 Å². The van der Waals surface area contributed by atoms with Crippen molar-refractivity contribution in [2.45, 2.75) is 33.3 Å². The Morgan fingerprint density at radius 3 is 2.17 bits per heavy atom. The molecule has 3 heteroatoms. The summed E-state index contributed by atoms with van der Waals surface area (Å²) in [5.41, 5.74) is 1.06. The molecule has 0 radical (unpaired) electrons. The number of ether oxygens (including phenoxy) is 2. The molecular weight excluding hydrogens is 228 g/mol. The molecule has 1 aromatic carbocycles. The molecule has 1 rings (SSSR count). The normalized spacial score (nSPS) is 14.4. The lowest BCUT2D eigenvalue weighted by molar-refractivity contribution is 0.0921. The summed E-state index contributed by atoms with van der Waals surface area (Å²) in [4.78, 5) is 0. The predicted molar refractivity (Wildman–Crippen MR) is 73.3 cm³/mol. The van der Waals surface area contributed by atoms with E-state index in [0.717, 1.165) is 5.56 Å². The molecule has 0 spiro atoms. The van der Waals surface area contributed by atoms with Crippen LogP contribution in [0.3, 0.4) is 0 Å². The Balaban J connectivity index is 2.79. The minimum atomic E-state index is -0.330. The van der Waals surface area contributed by atoms with E-state index in [-0.39, 0.29) is 12.0 Å². The first kappa shape index (κ1) is 14.8. The minimum absolute atomic E-state index is 0.276. The molecule has 102 valence electrons. The summed E-state index contributed by atoms with van der Waals surface area (Å²) in [6.45, 7) is 6.33. The molecule has 2 unspecified atom stereocenters. The van der Waals surface area contributed by atoms with Crippen molar-refractivity contribution in [3.8, 4) is 11.5 Å². The molecule has 0 aliphatic carbocycles. The van der Waals surface area contributed by atoms with Crippen LogP contribution in [0, 0.1) is 11.8 Å². The van der Waals surface area contributed by atoms with E-state index in [4.69, 9.17) is 9.47 Å². The molecular formula is C15H24O3. The fourth-order valence-electron chi connectivity index (χ4n) is 1.88. The van der Waals surface area contributed by atoms with Crippen LogP contribution in [0.2, 0.25) is 0 Å². The van der Waals surface area contributed by atoms with Crippen molar-refractivity contribution in [1.29, 1.82) is 0 Å². The number of hydrogen-bond donors (Lipinski definition) is 1. The number of hydrogen-bond acceptors (Lipinski definition) is 3. The summed E-state index contributed by atoms with van der Waals surface area (Å²) in [6.07, 6.45) is 0.308. The van der Waals surface area contributed by atoms with Crippen LogP contribution in [0.4, 0.5) is 0 Å². The van der Waals surface area contributed by atoms with Crippen molar-refractivity contribution in [3.05, 3.63) is 23.8 Å². The topological polar surface area (TPSA) is 38.7 Å². The Morgan fingerprint density at radius 2 is 1.67 bits per heavy atom. The Bertz CT molecular complexity index is 374. The molecule has 3 nitrogen and oxygen atoms in total. The molecule has 0 amide bonds. The zero-order chi connectivity index (χ0) is 13.7. The maximum absolute atomic E-state index is 10.2. The zero-order valence-electron chi connectivity index (χ0n) is 11.9. The van der Waals surface area contributed by atoms with Gasteiger partial charge in [-0.3, -0.25) is 0 Å². The van der Waals surface area contributed by atoms with Gasteiger partial charge >= 0.3 is 0 Å². The highest BCUT2D eigenvalue weighted by Crippen LogP contribution is 2.29. The van der Waals surface area contributed by atoms with Gasteiger partial charge < -0.3 is 14.6 Å². The standard InChI is InChI=1S/C15H24O3/c1-10(2)11(3)13(16)8-12-6-7-14(17-4)15(9-12)18-5/h6-7,9-11,13,16H,8H2,1-5H3. The van der Waals surface area contributed by atoms with Crippen LogP contribution in [0.1, 0.15) is 26.3 Å². The van der Waals surface area contributed by atoms with Crippen LogP contribution in [0.5, 0.6) is 11.5 Å². The lowest BCUT2D eigenvalue weighted by atomic mass is 9.89. The van der Waals surface area contributed by atoms with Gasteiger partial charge in [0.25, 0.3) is 0 Å². The summed E-state index contributed by atoms with van der Waals surface area (Å²) < 4.78 is 10.5. The molecule has 0 saturated carbocycles. The van der Waals surface area contributed by atoms with Crippen molar-refractivity contribution in [2.24, 2.45) is 11.8 Å². The Kier molecular flexibility index (Phi) is 5.48. The van der Waals surface area contributed by atoms with E-state index in [0.29, 0.717) is 23.8 Å². The third-order valence-corrected chi connectivity index (χ3v) is 3.55. The molecule has 0 bridgehead atoms. The summed E-state index contributed by atoms with van der Waals surface area (Å²) in [5.74, 6) is 2.17. The van der Waals surface area contributed by atoms with Crippen molar-refractivity contribution in [1.82, 2.24) is 0 Å². The van der Waals surface area contributed by atoms with Gasteiger partial charge in [-0.25, -0.2) is 0 Å². The van der Waals surface area contributed by atoms with Crippen molar-refractivity contribution in [3.63, 3.8) is 0 Å². The van der Waals surface area contributed by atoms with Gasteiger partial charge in [-0.05, 0) is 36.0 Å². The fraction of sp³-hybridized carbons (Fsp3) is 0.600. The zero-order valence-corrected chi connectivity index (χ0v) is 11.9. The molecule has 0 aliphatic rings. The SMILES string of the molecule is COc1ccc(CC(O)C(C)C(C)C)cc1OC. The molecule has 0 aromatic heterocycles. The van der Waals surface area contributed by atoms with E-state index < -0.39 is 0 Å². The van der Waals surface area contributed by atoms with Crippen molar-refractivity contribution >= 4 is 0 Å². The van der Waals surface area contributed by atoms with Crippen LogP contribution in [0.15, 0.2) is 18.2 Å². The van der Waals surface area contributed by atoms with Crippen LogP contribution >= 0.6 is 0 Å². The Hall–Kier alpha value is -1.22. The summed E-state index contributed by atoms with van der Waals surface area (Å²) in [5, 5.41) is 10.2. The lowest BCUT2D eigenvalue weighted by Crippen LogP contribution is -2.24. The van der Waals surface area contributed by atoms with Crippen LogP contribution in [-0.2, 0) is 6.42 Å². The highest BCUT2D eigenvalue weighted by atomic mass is 16.5. The predicted octanol–water partition coefficient (Wildman–Crippen LogP) is 2.90. The first-order chi connectivity index (χ1) is 8.49. The maximum atomic E-state index is 10.2. The van der Waals surface area contributed by atoms with E-state index in [1.54, 1.807) is 14.2 Å². The highest BCUT2D eigenvalue weighted by Gasteiger charge is 2.18. The monoisotopic (exact) mass is 252 g/mol. The first-order valence-corrected chi connectivity index (χ1v) is 6.38. The fourth-order valence-corrected chi connectivity index (χ4v) is 1.88. The van der Waals surface area contributed by atoms with Gasteiger partial charge in [0.05, 0.1) is 20.3 Å². The Morgan fingerprint density at radius 1 is 1.06 bits per heavy atom. The van der Waals surface area contributed by atoms with Gasteiger partial charge in [0, 0.05) is 0 Å². The lowest BCUT2D eigenvalue weighted by Gasteiger charge is -2.22. The first-order valence-electron chi connectivity index (χ1n) is 6.38. The van der Waals surface area contributed by atoms with E-state index in [9.17, 15) is 5.11 Å². The molecule has 0 aliphatic heterocycles. The number of methoxy groups -OCH3 is 2. The van der Waals surface area contributed by atoms with Gasteiger partial charge in [0.2, 0.25) is 0 Å². The highest BCUT2D eigenvalue weighted by molar-refractivity contribution is 5.43. The quantitative estimate of drug-likeness (QED) is 0.846. The third-order valence-electron chi connectivity index (χ3n) is 3.55. The molecule has 18 heavy (non-hydrogen) atoms. The van der Waals surface area contributed by atoms with Crippen LogP contribution < -0.4 is 9.47 Å². The number of benzene rings is 1. The Labute approximate surface area is 110 Å². The van der Waals surface area contributed by atoms with Gasteiger partial charge in [0.15, 0.2) is 11.5 Å². The smallest absolute Gasteiger partial charge is 0.160 e. The number of rotatable bonds is 6. The van der Waals surface area contributed by atoms with E-state index in [1.165, 1.54) is 0 Å². The van der Waals surface area contributed by atoms with Crippen molar-refractivity contribution in [2.75, 3.05) is 14.2 Å². The molecule has 1 aromatic rings. The average Bonchev–Trinajstić information content (AvgIpc) is 2.37. The molecule has 0 fully saturated rings. The molecule has 1 N–H and O–H groups in total. The minimum Gasteiger partial charge on any atom is -0.493 e. The molecule has 0 saturated heterocycles. The number of aliphatic hydroxyl groups is 1. The average molecular weight is 252 g/mol. The van der Waals surface area contributed by atoms with Gasteiger partial charge in [-0.15, -0.1) is 0 Å². The van der Waals surface area contributed by atoms with E-state index in [1.807, 2.05) is 18.2 Å². The summed E-state index contributed by atoms with van der Waals surface area (Å²) >= 11 is 0. The second kappa shape index (κ2) is 6.64. The molecule has 0 heterocycles. The van der Waals surface area contributed by atoms with Gasteiger partial charge in [-0.2, -0.15) is 0 Å². The van der Waals surface area contributed by atoms with Crippen molar-refractivity contribution < 1.29 is 14.6 Å². The number of aliphatic hydroxyl groups excluding tert-OH is 1.